The van der Waals surface area contributed by atoms with Crippen LogP contribution < -0.4 is 5.73 Å². The van der Waals surface area contributed by atoms with Crippen molar-refractivity contribution in [1.82, 2.24) is 24.5 Å². The van der Waals surface area contributed by atoms with E-state index in [0.717, 1.165) is 29.5 Å². The van der Waals surface area contributed by atoms with Gasteiger partial charge in [0.1, 0.15) is 0 Å². The van der Waals surface area contributed by atoms with Gasteiger partial charge < -0.3 is 10.6 Å². The van der Waals surface area contributed by atoms with Gasteiger partial charge in [-0.15, -0.1) is 17.5 Å². The maximum Gasteiger partial charge on any atom is 0.453 e. The molecule has 3 atom stereocenters. The van der Waals surface area contributed by atoms with Crippen LogP contribution >= 0.6 is 12.4 Å². The first kappa shape index (κ1) is 21.8. The summed E-state index contributed by atoms with van der Waals surface area (Å²) in [6.07, 6.45) is -1.84. The summed E-state index contributed by atoms with van der Waals surface area (Å²) in [6.45, 7) is 4.85. The Morgan fingerprint density at radius 1 is 1.21 bits per heavy atom. The fourth-order valence-electron chi connectivity index (χ4n) is 4.59. The van der Waals surface area contributed by atoms with Crippen molar-refractivity contribution in [2.24, 2.45) is 17.6 Å². The first-order valence-electron chi connectivity index (χ1n) is 9.48. The van der Waals surface area contributed by atoms with Gasteiger partial charge in [0.05, 0.1) is 0 Å². The molecule has 11 heteroatoms. The molecule has 4 rings (SSSR count). The molecule has 0 radical (unpaired) electrons. The van der Waals surface area contributed by atoms with Crippen molar-refractivity contribution < 1.29 is 18.0 Å². The third-order valence-electron chi connectivity index (χ3n) is 6.16. The lowest BCUT2D eigenvalue weighted by molar-refractivity contribution is -0.144. The summed E-state index contributed by atoms with van der Waals surface area (Å²) in [5.41, 5.74) is 7.96. The summed E-state index contributed by atoms with van der Waals surface area (Å²) >= 11 is 0. The highest BCUT2D eigenvalue weighted by Gasteiger charge is 2.42. The molecule has 2 aliphatic rings. The van der Waals surface area contributed by atoms with Gasteiger partial charge in [-0.25, -0.2) is 9.50 Å². The van der Waals surface area contributed by atoms with E-state index in [1.54, 1.807) is 13.8 Å². The molecule has 1 aliphatic carbocycles. The molecule has 29 heavy (non-hydrogen) atoms. The number of hydrogen-bond donors (Lipinski definition) is 1. The number of fused-ring (bicyclic) bond motifs is 2. The number of hydrogen-bond acceptors (Lipinski definition) is 5. The largest absolute Gasteiger partial charge is 0.453 e. The monoisotopic (exact) mass is 432 g/mol. The molecule has 2 aromatic rings. The standard InChI is InChI=1S/C18H23F3N6O.ClH/c1-9-12(10(2)27-17(23-9)24-16(25-27)18(19,20)21)4-6-15(28)26-7-11-3-5-14(22)13(11)8-26;/h11,13-14H,3-8,22H2,1-2H3;1H. The van der Waals surface area contributed by atoms with Gasteiger partial charge in [0, 0.05) is 36.9 Å². The number of nitrogens with two attached hydrogens (primary N) is 1. The van der Waals surface area contributed by atoms with E-state index in [-0.39, 0.29) is 36.6 Å². The Balaban J connectivity index is 0.00000240. The molecule has 1 aliphatic heterocycles. The van der Waals surface area contributed by atoms with E-state index in [0.29, 0.717) is 36.2 Å². The van der Waals surface area contributed by atoms with Gasteiger partial charge in [-0.3, -0.25) is 4.79 Å². The molecule has 0 spiro atoms. The number of halogens is 4. The van der Waals surface area contributed by atoms with Crippen molar-refractivity contribution >= 4 is 24.1 Å². The highest BCUT2D eigenvalue weighted by Crippen LogP contribution is 2.37. The predicted molar refractivity (Wildman–Crippen MR) is 102 cm³/mol. The fourth-order valence-corrected chi connectivity index (χ4v) is 4.59. The van der Waals surface area contributed by atoms with E-state index in [1.165, 1.54) is 0 Å². The molecule has 3 unspecified atom stereocenters. The molecule has 3 heterocycles. The molecular weight excluding hydrogens is 409 g/mol. The van der Waals surface area contributed by atoms with E-state index in [4.69, 9.17) is 5.73 Å². The summed E-state index contributed by atoms with van der Waals surface area (Å²) in [5, 5.41) is 3.55. The van der Waals surface area contributed by atoms with Crippen molar-refractivity contribution in [1.29, 1.82) is 0 Å². The zero-order valence-corrected chi connectivity index (χ0v) is 17.1. The Kier molecular flexibility index (Phi) is 5.79. The maximum atomic E-state index is 12.9. The van der Waals surface area contributed by atoms with Crippen molar-refractivity contribution in [2.45, 2.75) is 51.7 Å². The van der Waals surface area contributed by atoms with Crippen LogP contribution in [-0.4, -0.2) is 49.5 Å². The zero-order valence-electron chi connectivity index (χ0n) is 16.2. The van der Waals surface area contributed by atoms with Crippen LogP contribution in [0.4, 0.5) is 13.2 Å². The lowest BCUT2D eigenvalue weighted by Gasteiger charge is -2.19. The highest BCUT2D eigenvalue weighted by molar-refractivity contribution is 5.85. The summed E-state index contributed by atoms with van der Waals surface area (Å²) < 4.78 is 39.8. The van der Waals surface area contributed by atoms with E-state index >= 15 is 0 Å². The quantitative estimate of drug-likeness (QED) is 0.803. The van der Waals surface area contributed by atoms with Gasteiger partial charge in [-0.1, -0.05) is 0 Å². The van der Waals surface area contributed by atoms with E-state index in [2.05, 4.69) is 15.1 Å². The van der Waals surface area contributed by atoms with Crippen LogP contribution in [0.15, 0.2) is 0 Å². The Hall–Kier alpha value is -1.94. The van der Waals surface area contributed by atoms with Gasteiger partial charge in [0.25, 0.3) is 11.6 Å². The number of amides is 1. The zero-order chi connectivity index (χ0) is 20.2. The molecule has 2 N–H and O–H groups in total. The van der Waals surface area contributed by atoms with Crippen molar-refractivity contribution in [2.75, 3.05) is 13.1 Å². The average molecular weight is 433 g/mol. The predicted octanol–water partition coefficient (Wildman–Crippen LogP) is 2.31. The Labute approximate surface area is 172 Å². The second-order valence-corrected chi connectivity index (χ2v) is 7.87. The van der Waals surface area contributed by atoms with Crippen LogP contribution in [0.1, 0.15) is 42.0 Å². The Bertz CT molecular complexity index is 930. The number of alkyl halides is 3. The minimum atomic E-state index is -4.63. The van der Waals surface area contributed by atoms with Crippen molar-refractivity contribution in [3.05, 3.63) is 22.8 Å². The average Bonchev–Trinajstić information content (AvgIpc) is 3.30. The first-order valence-corrected chi connectivity index (χ1v) is 9.48. The first-order chi connectivity index (χ1) is 13.1. The second kappa shape index (κ2) is 7.71. The molecule has 0 bridgehead atoms. The number of rotatable bonds is 3. The summed E-state index contributed by atoms with van der Waals surface area (Å²) in [6, 6.07) is 0.175. The highest BCUT2D eigenvalue weighted by atomic mass is 35.5. The minimum absolute atomic E-state index is 0. The SMILES string of the molecule is Cc1nc2nc(C(F)(F)F)nn2c(C)c1CCC(=O)N1CC2CCC(N)C2C1.Cl. The number of aryl methyl sites for hydroxylation is 2. The molecule has 2 fully saturated rings. The van der Waals surface area contributed by atoms with E-state index < -0.39 is 12.0 Å². The molecule has 1 saturated heterocycles. The van der Waals surface area contributed by atoms with Gasteiger partial charge >= 0.3 is 6.18 Å². The topological polar surface area (TPSA) is 89.4 Å². The molecular formula is C18H24ClF3N6O. The lowest BCUT2D eigenvalue weighted by atomic mass is 9.98. The summed E-state index contributed by atoms with van der Waals surface area (Å²) in [7, 11) is 0. The number of nitrogens with zero attached hydrogens (tertiary/aromatic N) is 5. The maximum absolute atomic E-state index is 12.9. The number of carbonyl (C=O) groups is 1. The molecule has 2 aromatic heterocycles. The summed E-state index contributed by atoms with van der Waals surface area (Å²) in [5.74, 6) is -0.359. The van der Waals surface area contributed by atoms with Crippen LogP contribution in [0.2, 0.25) is 0 Å². The fraction of sp³-hybridized carbons (Fsp3) is 0.667. The van der Waals surface area contributed by atoms with E-state index in [1.807, 2.05) is 4.90 Å². The molecule has 160 valence electrons. The number of aromatic nitrogens is 4. The van der Waals surface area contributed by atoms with Crippen LogP contribution in [0.5, 0.6) is 0 Å². The lowest BCUT2D eigenvalue weighted by Crippen LogP contribution is -2.33. The molecule has 1 saturated carbocycles. The van der Waals surface area contributed by atoms with Crippen molar-refractivity contribution in [3.8, 4) is 0 Å². The van der Waals surface area contributed by atoms with Crippen molar-refractivity contribution in [3.63, 3.8) is 0 Å². The number of likely N-dealkylation sites (tertiary alicyclic amines) is 1. The molecule has 7 nitrogen and oxygen atoms in total. The minimum Gasteiger partial charge on any atom is -0.342 e. The van der Waals surface area contributed by atoms with Gasteiger partial charge in [-0.05, 0) is 50.5 Å². The van der Waals surface area contributed by atoms with Gasteiger partial charge in [0.15, 0.2) is 0 Å². The Morgan fingerprint density at radius 3 is 2.59 bits per heavy atom. The van der Waals surface area contributed by atoms with Crippen LogP contribution in [0, 0.1) is 25.7 Å². The van der Waals surface area contributed by atoms with Gasteiger partial charge in [-0.2, -0.15) is 18.2 Å². The third kappa shape index (κ3) is 3.92. The Morgan fingerprint density at radius 2 is 1.93 bits per heavy atom. The van der Waals surface area contributed by atoms with Crippen LogP contribution in [0.25, 0.3) is 5.78 Å². The summed E-state index contributed by atoms with van der Waals surface area (Å²) in [4.78, 5) is 22.2. The normalized spacial score (nSPS) is 24.1. The number of carbonyl (C=O) groups excluding carboxylic acids is 1. The second-order valence-electron chi connectivity index (χ2n) is 7.87. The molecule has 1 amide bonds. The smallest absolute Gasteiger partial charge is 0.342 e. The molecule has 0 aromatic carbocycles. The third-order valence-corrected chi connectivity index (χ3v) is 6.16. The van der Waals surface area contributed by atoms with Crippen LogP contribution in [-0.2, 0) is 17.4 Å². The van der Waals surface area contributed by atoms with E-state index in [9.17, 15) is 18.0 Å². The van der Waals surface area contributed by atoms with Gasteiger partial charge in [0.2, 0.25) is 5.91 Å². The van der Waals surface area contributed by atoms with Crippen LogP contribution in [0.3, 0.4) is 0 Å².